The Morgan fingerprint density at radius 2 is 1.91 bits per heavy atom. The van der Waals surface area contributed by atoms with Gasteiger partial charge in [0.25, 0.3) is 5.91 Å². The highest BCUT2D eigenvalue weighted by Gasteiger charge is 2.29. The Kier molecular flexibility index (Phi) is 5.89. The van der Waals surface area contributed by atoms with Crippen molar-refractivity contribution in [3.63, 3.8) is 0 Å². The van der Waals surface area contributed by atoms with E-state index in [0.29, 0.717) is 11.4 Å². The van der Waals surface area contributed by atoms with Gasteiger partial charge in [0.1, 0.15) is 17.2 Å². The molecule has 0 aliphatic carbocycles. The quantitative estimate of drug-likeness (QED) is 0.592. The van der Waals surface area contributed by atoms with E-state index in [-0.39, 0.29) is 35.2 Å². The number of pyridine rings is 1. The first-order valence-electron chi connectivity index (χ1n) is 9.66. The van der Waals surface area contributed by atoms with Crippen molar-refractivity contribution in [3.05, 3.63) is 78.1 Å². The summed E-state index contributed by atoms with van der Waals surface area (Å²) in [7, 11) is -2.65. The van der Waals surface area contributed by atoms with Crippen molar-refractivity contribution in [1.29, 1.82) is 0 Å². The largest absolute Gasteiger partial charge is 0.495 e. The molecule has 164 valence electrons. The number of benzene rings is 2. The molecule has 0 unspecified atom stereocenters. The number of para-hydroxylation sites is 2. The lowest BCUT2D eigenvalue weighted by molar-refractivity contribution is -0.115. The molecule has 0 saturated carbocycles. The molecular weight excluding hydrogens is 432 g/mol. The van der Waals surface area contributed by atoms with Crippen LogP contribution in [0.4, 0.5) is 11.4 Å². The average molecular weight is 452 g/mol. The summed E-state index contributed by atoms with van der Waals surface area (Å²) in [6, 6.07) is 14.4. The van der Waals surface area contributed by atoms with Crippen molar-refractivity contribution in [2.75, 3.05) is 23.9 Å². The highest BCUT2D eigenvalue weighted by atomic mass is 32.2. The van der Waals surface area contributed by atoms with Crippen LogP contribution in [0.25, 0.3) is 0 Å². The first-order chi connectivity index (χ1) is 15.4. The van der Waals surface area contributed by atoms with Gasteiger partial charge in [0.05, 0.1) is 18.5 Å². The minimum atomic E-state index is -4.00. The number of methoxy groups -OCH3 is 1. The number of hydrogen-bond acceptors (Lipinski definition) is 6. The number of rotatable bonds is 6. The van der Waals surface area contributed by atoms with Crippen LogP contribution in [0.5, 0.6) is 5.75 Å². The molecule has 0 saturated heterocycles. The first kappa shape index (κ1) is 21.5. The summed E-state index contributed by atoms with van der Waals surface area (Å²) in [6.45, 7) is -0.129. The highest BCUT2D eigenvalue weighted by Crippen LogP contribution is 2.31. The minimum absolute atomic E-state index is 0.0475. The van der Waals surface area contributed by atoms with E-state index in [2.05, 4.69) is 15.0 Å². The maximum absolute atomic E-state index is 13.2. The lowest BCUT2D eigenvalue weighted by Crippen LogP contribution is -2.42. The van der Waals surface area contributed by atoms with Crippen LogP contribution in [0.15, 0.2) is 71.9 Å². The van der Waals surface area contributed by atoms with E-state index in [0.717, 1.165) is 5.56 Å². The number of amides is 2. The first-order valence-corrected chi connectivity index (χ1v) is 11.1. The summed E-state index contributed by atoms with van der Waals surface area (Å²) in [5, 5.41) is 2.72. The van der Waals surface area contributed by atoms with Crippen molar-refractivity contribution in [2.45, 2.75) is 11.4 Å². The van der Waals surface area contributed by atoms with E-state index < -0.39 is 15.9 Å². The molecule has 2 heterocycles. The Bertz CT molecular complexity index is 1280. The normalized spacial score (nSPS) is 13.3. The monoisotopic (exact) mass is 452 g/mol. The molecule has 1 aliphatic rings. The summed E-state index contributed by atoms with van der Waals surface area (Å²) >= 11 is 0. The molecule has 0 fully saturated rings. The number of hydrogen-bond donors (Lipinski definition) is 2. The lowest BCUT2D eigenvalue weighted by Gasteiger charge is -2.29. The number of carbonyl (C=O) groups excluding carboxylic acids is 2. The third-order valence-corrected chi connectivity index (χ3v) is 6.35. The van der Waals surface area contributed by atoms with Gasteiger partial charge < -0.3 is 10.1 Å². The molecule has 0 bridgehead atoms. The van der Waals surface area contributed by atoms with E-state index in [1.165, 1.54) is 30.2 Å². The van der Waals surface area contributed by atoms with Crippen LogP contribution in [0.2, 0.25) is 0 Å². The van der Waals surface area contributed by atoms with Gasteiger partial charge in [-0.25, -0.2) is 13.1 Å². The standard InChI is InChI=1S/C22H20N4O5S/c1-31-19-7-6-16(12-20(19)32(29,30)24-13-15-8-10-23-11-9-15)22(28)26-14-21(27)25-17-4-2-3-5-18(17)26/h2-12,24H,13-14H2,1H3,(H,25,27). The van der Waals surface area contributed by atoms with Crippen molar-refractivity contribution in [3.8, 4) is 5.75 Å². The molecule has 0 atom stereocenters. The molecule has 3 aromatic rings. The minimum Gasteiger partial charge on any atom is -0.495 e. The molecule has 1 aliphatic heterocycles. The van der Waals surface area contributed by atoms with Gasteiger partial charge in [-0.2, -0.15) is 0 Å². The topological polar surface area (TPSA) is 118 Å². The number of nitrogens with zero attached hydrogens (tertiary/aromatic N) is 2. The second-order valence-corrected chi connectivity index (χ2v) is 8.74. The van der Waals surface area contributed by atoms with E-state index in [1.54, 1.807) is 48.8 Å². The fourth-order valence-corrected chi connectivity index (χ4v) is 4.56. The molecule has 0 radical (unpaired) electrons. The summed E-state index contributed by atoms with van der Waals surface area (Å²) in [6.07, 6.45) is 3.13. The van der Waals surface area contributed by atoms with Crippen LogP contribution >= 0.6 is 0 Å². The van der Waals surface area contributed by atoms with Crippen molar-refractivity contribution in [1.82, 2.24) is 9.71 Å². The van der Waals surface area contributed by atoms with E-state index in [4.69, 9.17) is 4.74 Å². The van der Waals surface area contributed by atoms with Gasteiger partial charge in [0.15, 0.2) is 0 Å². The molecule has 0 spiro atoms. The number of nitrogens with one attached hydrogen (secondary N) is 2. The summed E-state index contributed by atoms with van der Waals surface area (Å²) < 4.78 is 33.7. The Hall–Kier alpha value is -3.76. The third-order valence-electron chi connectivity index (χ3n) is 4.93. The molecule has 2 amide bonds. The van der Waals surface area contributed by atoms with Crippen LogP contribution in [0.3, 0.4) is 0 Å². The molecule has 1 aromatic heterocycles. The van der Waals surface area contributed by atoms with Gasteiger partial charge >= 0.3 is 0 Å². The predicted octanol–water partition coefficient (Wildman–Crippen LogP) is 2.17. The SMILES string of the molecule is COc1ccc(C(=O)N2CC(=O)Nc3ccccc32)cc1S(=O)(=O)NCc1ccncc1. The Morgan fingerprint density at radius 3 is 2.66 bits per heavy atom. The molecular formula is C22H20N4O5S. The lowest BCUT2D eigenvalue weighted by atomic mass is 10.1. The third kappa shape index (κ3) is 4.32. The van der Waals surface area contributed by atoms with Gasteiger partial charge in [-0.15, -0.1) is 0 Å². The maximum Gasteiger partial charge on any atom is 0.258 e. The van der Waals surface area contributed by atoms with Crippen LogP contribution in [0, 0.1) is 0 Å². The van der Waals surface area contributed by atoms with Gasteiger partial charge in [-0.05, 0) is 48.0 Å². The van der Waals surface area contributed by atoms with Crippen LogP contribution < -0.4 is 19.7 Å². The number of aromatic nitrogens is 1. The molecule has 32 heavy (non-hydrogen) atoms. The van der Waals surface area contributed by atoms with Crippen molar-refractivity contribution >= 4 is 33.2 Å². The number of sulfonamides is 1. The zero-order valence-electron chi connectivity index (χ0n) is 17.1. The fourth-order valence-electron chi connectivity index (χ4n) is 3.35. The predicted molar refractivity (Wildman–Crippen MR) is 118 cm³/mol. The van der Waals surface area contributed by atoms with Gasteiger partial charge in [-0.3, -0.25) is 19.5 Å². The number of fused-ring (bicyclic) bond motifs is 1. The van der Waals surface area contributed by atoms with Crippen LogP contribution in [-0.2, 0) is 21.4 Å². The second kappa shape index (κ2) is 8.77. The van der Waals surface area contributed by atoms with Crippen LogP contribution in [0.1, 0.15) is 15.9 Å². The molecule has 2 N–H and O–H groups in total. The van der Waals surface area contributed by atoms with E-state index in [9.17, 15) is 18.0 Å². The van der Waals surface area contributed by atoms with Crippen LogP contribution in [-0.4, -0.2) is 38.9 Å². The summed E-state index contributed by atoms with van der Waals surface area (Å²) in [5.41, 5.74) is 1.89. The number of ether oxygens (including phenoxy) is 1. The Labute approximate surface area is 185 Å². The smallest absolute Gasteiger partial charge is 0.258 e. The molecule has 2 aromatic carbocycles. The zero-order chi connectivity index (χ0) is 22.7. The maximum atomic E-state index is 13.2. The number of carbonyl (C=O) groups is 2. The second-order valence-electron chi connectivity index (χ2n) is 7.00. The Balaban J connectivity index is 1.66. The van der Waals surface area contributed by atoms with Gasteiger partial charge in [0.2, 0.25) is 15.9 Å². The van der Waals surface area contributed by atoms with Gasteiger partial charge in [0, 0.05) is 24.5 Å². The van der Waals surface area contributed by atoms with E-state index in [1.807, 2.05) is 0 Å². The van der Waals surface area contributed by atoms with Gasteiger partial charge in [-0.1, -0.05) is 12.1 Å². The van der Waals surface area contributed by atoms with Crippen molar-refractivity contribution in [2.24, 2.45) is 0 Å². The zero-order valence-corrected chi connectivity index (χ0v) is 17.9. The van der Waals surface area contributed by atoms with E-state index >= 15 is 0 Å². The summed E-state index contributed by atoms with van der Waals surface area (Å²) in [5.74, 6) is -0.737. The molecule has 9 nitrogen and oxygen atoms in total. The summed E-state index contributed by atoms with van der Waals surface area (Å²) in [4.78, 5) is 30.4. The Morgan fingerprint density at radius 1 is 1.16 bits per heavy atom. The fraction of sp³-hybridized carbons (Fsp3) is 0.136. The highest BCUT2D eigenvalue weighted by molar-refractivity contribution is 7.89. The average Bonchev–Trinajstić information content (AvgIpc) is 2.82. The molecule has 10 heteroatoms. The van der Waals surface area contributed by atoms with Crippen molar-refractivity contribution < 1.29 is 22.7 Å². The number of anilines is 2. The molecule has 4 rings (SSSR count).